The number of aliphatic hydroxyl groups is 1. The number of nitrogens with one attached hydrogen (secondary N) is 1. The molecule has 2 heterocycles. The van der Waals surface area contributed by atoms with Gasteiger partial charge in [0.1, 0.15) is 0 Å². The number of hydrogen-bond acceptors (Lipinski definition) is 5. The van der Waals surface area contributed by atoms with E-state index in [0.717, 1.165) is 12.8 Å². The second kappa shape index (κ2) is 4.14. The van der Waals surface area contributed by atoms with Crippen molar-refractivity contribution in [2.75, 3.05) is 0 Å². The predicted molar refractivity (Wildman–Crippen MR) is 70.2 cm³/mol. The summed E-state index contributed by atoms with van der Waals surface area (Å²) in [5.74, 6) is -1.95. The van der Waals surface area contributed by atoms with E-state index in [9.17, 15) is 23.1 Å². The molecule has 1 aliphatic carbocycles. The van der Waals surface area contributed by atoms with Crippen molar-refractivity contribution in [3.8, 4) is 0 Å². The summed E-state index contributed by atoms with van der Waals surface area (Å²) < 4.78 is 22.8. The minimum atomic E-state index is -4.31. The van der Waals surface area contributed by atoms with Crippen LogP contribution in [-0.2, 0) is 19.4 Å². The van der Waals surface area contributed by atoms with Crippen molar-refractivity contribution >= 4 is 20.9 Å². The lowest BCUT2D eigenvalue weighted by atomic mass is 9.73. The molecule has 20 heavy (non-hydrogen) atoms. The molecule has 2 saturated heterocycles. The first-order valence-electron chi connectivity index (χ1n) is 6.79. The third-order valence-electron chi connectivity index (χ3n) is 4.82. The van der Waals surface area contributed by atoms with E-state index in [2.05, 4.69) is 5.32 Å². The van der Waals surface area contributed by atoms with Gasteiger partial charge >= 0.3 is 0 Å². The maximum absolute atomic E-state index is 12.4. The number of aliphatic hydroxyl groups excluding tert-OH is 1. The highest BCUT2D eigenvalue weighted by Crippen LogP contribution is 2.48. The van der Waals surface area contributed by atoms with Gasteiger partial charge in [0.25, 0.3) is 5.12 Å². The van der Waals surface area contributed by atoms with Gasteiger partial charge in [-0.3, -0.25) is 9.59 Å². The molecule has 0 radical (unpaired) electrons. The molecule has 110 valence electrons. The first-order chi connectivity index (χ1) is 9.35. The quantitative estimate of drug-likeness (QED) is 0.530. The van der Waals surface area contributed by atoms with Gasteiger partial charge < -0.3 is 10.4 Å². The summed E-state index contributed by atoms with van der Waals surface area (Å²) in [7, 11) is -4.31. The highest BCUT2D eigenvalue weighted by molar-refractivity contribution is 8.08. The zero-order valence-electron chi connectivity index (χ0n) is 11.1. The monoisotopic (exact) mass is 299 g/mol. The van der Waals surface area contributed by atoms with E-state index in [1.807, 2.05) is 6.08 Å². The van der Waals surface area contributed by atoms with Crippen LogP contribution in [0.1, 0.15) is 26.2 Å². The van der Waals surface area contributed by atoms with E-state index in [4.69, 9.17) is 0 Å². The van der Waals surface area contributed by atoms with Gasteiger partial charge in [-0.25, -0.2) is 8.42 Å². The number of fused-ring (bicyclic) bond motifs is 1. The topological polar surface area (TPSA) is 101 Å². The van der Waals surface area contributed by atoms with Crippen LogP contribution >= 0.6 is 0 Å². The summed E-state index contributed by atoms with van der Waals surface area (Å²) in [6.45, 7) is 1.48. The van der Waals surface area contributed by atoms with Gasteiger partial charge in [-0.15, -0.1) is 0 Å². The third-order valence-corrected chi connectivity index (χ3v) is 7.29. The van der Waals surface area contributed by atoms with Crippen LogP contribution < -0.4 is 5.32 Å². The number of amides is 1. The van der Waals surface area contributed by atoms with Crippen molar-refractivity contribution in [1.29, 1.82) is 0 Å². The number of rotatable bonds is 2. The molecule has 1 unspecified atom stereocenters. The molecule has 2 fully saturated rings. The molecule has 0 aromatic carbocycles. The van der Waals surface area contributed by atoms with Crippen molar-refractivity contribution in [2.45, 2.75) is 43.1 Å². The van der Waals surface area contributed by atoms with Crippen LogP contribution in [-0.4, -0.2) is 41.4 Å². The third kappa shape index (κ3) is 1.34. The molecular formula is C13H17NO5S. The molecule has 7 heteroatoms. The van der Waals surface area contributed by atoms with Crippen LogP contribution in [0.15, 0.2) is 12.2 Å². The SMILES string of the molecule is CC1C(=O)S(=O)(=O)[C@@]2([C@@H](O)[C@@H]3C=CCCC3)C(=O)N[C@@H]12. The van der Waals surface area contributed by atoms with E-state index >= 15 is 0 Å². The molecule has 2 aliphatic heterocycles. The van der Waals surface area contributed by atoms with E-state index in [1.54, 1.807) is 6.08 Å². The minimum Gasteiger partial charge on any atom is -0.390 e. The second-order valence-electron chi connectivity index (χ2n) is 5.82. The molecule has 0 aromatic heterocycles. The molecule has 6 nitrogen and oxygen atoms in total. The maximum atomic E-state index is 12.4. The van der Waals surface area contributed by atoms with Crippen LogP contribution in [0.2, 0.25) is 0 Å². The molecule has 0 spiro atoms. The molecule has 5 atom stereocenters. The van der Waals surface area contributed by atoms with Crippen molar-refractivity contribution in [3.63, 3.8) is 0 Å². The van der Waals surface area contributed by atoms with Crippen LogP contribution in [0.25, 0.3) is 0 Å². The average Bonchev–Trinajstić information content (AvgIpc) is 2.54. The fourth-order valence-corrected chi connectivity index (χ4v) is 6.01. The first kappa shape index (κ1) is 13.8. The zero-order valence-corrected chi connectivity index (χ0v) is 11.9. The highest BCUT2D eigenvalue weighted by Gasteiger charge is 2.77. The number of carbonyl (C=O) groups excluding carboxylic acids is 2. The summed E-state index contributed by atoms with van der Waals surface area (Å²) in [5, 5.41) is 12.1. The Hall–Kier alpha value is -1.21. The van der Waals surface area contributed by atoms with E-state index in [0.29, 0.717) is 6.42 Å². The van der Waals surface area contributed by atoms with Crippen molar-refractivity contribution in [2.24, 2.45) is 11.8 Å². The Bertz CT molecular complexity index is 610. The fourth-order valence-electron chi connectivity index (χ4n) is 3.65. The Morgan fingerprint density at radius 1 is 1.45 bits per heavy atom. The Morgan fingerprint density at radius 3 is 2.65 bits per heavy atom. The lowest BCUT2D eigenvalue weighted by Gasteiger charge is -2.47. The van der Waals surface area contributed by atoms with Gasteiger partial charge in [0, 0.05) is 5.92 Å². The minimum absolute atomic E-state index is 0.398. The zero-order chi connectivity index (χ0) is 14.7. The van der Waals surface area contributed by atoms with Gasteiger partial charge in [0.05, 0.1) is 18.1 Å². The standard InChI is InChI=1S/C13H17NO5S/c1-7-9-13(12(17)14-9,20(18,19)11(7)16)10(15)8-5-3-2-4-6-8/h3,5,7-10,15H,2,4,6H2,1H3,(H,14,17)/t7?,8-,9+,10+,13+/m1/s1. The van der Waals surface area contributed by atoms with Gasteiger partial charge in [-0.1, -0.05) is 19.1 Å². The molecule has 3 aliphatic rings. The second-order valence-corrected chi connectivity index (χ2v) is 7.91. The molecule has 3 rings (SSSR count). The fraction of sp³-hybridized carbons (Fsp3) is 0.692. The lowest BCUT2D eigenvalue weighted by Crippen LogP contribution is -2.79. The first-order valence-corrected chi connectivity index (χ1v) is 8.27. The number of β-lactam (4-membered cyclic amide) rings is 1. The van der Waals surface area contributed by atoms with E-state index in [-0.39, 0.29) is 0 Å². The average molecular weight is 299 g/mol. The highest BCUT2D eigenvalue weighted by atomic mass is 32.2. The van der Waals surface area contributed by atoms with Crippen LogP contribution in [0, 0.1) is 11.8 Å². The Balaban J connectivity index is 2.08. The molecule has 1 amide bonds. The maximum Gasteiger partial charge on any atom is 0.252 e. The number of sulfone groups is 1. The van der Waals surface area contributed by atoms with Gasteiger partial charge in [-0.2, -0.15) is 0 Å². The van der Waals surface area contributed by atoms with Crippen molar-refractivity contribution in [3.05, 3.63) is 12.2 Å². The van der Waals surface area contributed by atoms with Crippen molar-refractivity contribution < 1.29 is 23.1 Å². The molecule has 0 saturated carbocycles. The van der Waals surface area contributed by atoms with E-state index < -0.39 is 49.6 Å². The molecule has 0 aromatic rings. The van der Waals surface area contributed by atoms with Crippen molar-refractivity contribution in [1.82, 2.24) is 5.32 Å². The van der Waals surface area contributed by atoms with Gasteiger partial charge in [-0.05, 0) is 19.3 Å². The summed E-state index contributed by atoms with van der Waals surface area (Å²) >= 11 is 0. The Morgan fingerprint density at radius 2 is 2.15 bits per heavy atom. The summed E-state index contributed by atoms with van der Waals surface area (Å²) in [6, 6.07) is -0.808. The molecule has 0 bridgehead atoms. The lowest BCUT2D eigenvalue weighted by molar-refractivity contribution is -0.140. The predicted octanol–water partition coefficient (Wildman–Crippen LogP) is -0.468. The van der Waals surface area contributed by atoms with Gasteiger partial charge in [0.15, 0.2) is 0 Å². The summed E-state index contributed by atoms with van der Waals surface area (Å²) in [4.78, 5) is 23.9. The summed E-state index contributed by atoms with van der Waals surface area (Å²) in [5.41, 5.74) is 0. The smallest absolute Gasteiger partial charge is 0.252 e. The molecule has 2 N–H and O–H groups in total. The number of carbonyl (C=O) groups is 2. The Labute approximate surface area is 117 Å². The van der Waals surface area contributed by atoms with Crippen LogP contribution in [0.4, 0.5) is 0 Å². The normalized spacial score (nSPS) is 43.6. The Kier molecular flexibility index (Phi) is 2.85. The number of allylic oxidation sites excluding steroid dienone is 1. The molecular weight excluding hydrogens is 282 g/mol. The van der Waals surface area contributed by atoms with Crippen LogP contribution in [0.3, 0.4) is 0 Å². The van der Waals surface area contributed by atoms with E-state index in [1.165, 1.54) is 6.92 Å². The van der Waals surface area contributed by atoms with Crippen LogP contribution in [0.5, 0.6) is 0 Å². The van der Waals surface area contributed by atoms with Gasteiger partial charge in [0.2, 0.25) is 20.5 Å². The number of hydrogen-bond donors (Lipinski definition) is 2. The summed E-state index contributed by atoms with van der Waals surface area (Å²) in [6.07, 6.45) is 4.62. The largest absolute Gasteiger partial charge is 0.390 e.